The summed E-state index contributed by atoms with van der Waals surface area (Å²) in [5.74, 6) is -1.09. The molecule has 86 valence electrons. The van der Waals surface area contributed by atoms with Crippen molar-refractivity contribution in [3.8, 4) is 0 Å². The number of primary amides is 2. The molecule has 7 nitrogen and oxygen atoms in total. The summed E-state index contributed by atoms with van der Waals surface area (Å²) in [5.41, 5.74) is 10.1. The SMILES string of the molecule is NC(=O)CN(CC(N)=O)C1CNCC1O. The molecule has 0 aromatic heterocycles. The Bertz CT molecular complexity index is 242. The van der Waals surface area contributed by atoms with Crippen LogP contribution in [0.25, 0.3) is 0 Å². The minimum atomic E-state index is -0.608. The van der Waals surface area contributed by atoms with Crippen LogP contribution in [0.4, 0.5) is 0 Å². The van der Waals surface area contributed by atoms with Gasteiger partial charge in [-0.2, -0.15) is 0 Å². The molecule has 7 heteroatoms. The van der Waals surface area contributed by atoms with Gasteiger partial charge in [-0.25, -0.2) is 0 Å². The first-order valence-electron chi connectivity index (χ1n) is 4.70. The molecule has 2 atom stereocenters. The fraction of sp³-hybridized carbons (Fsp3) is 0.750. The predicted octanol–water partition coefficient (Wildman–Crippen LogP) is -3.41. The molecule has 0 aliphatic carbocycles. The average molecular weight is 216 g/mol. The number of aliphatic hydroxyl groups is 1. The zero-order chi connectivity index (χ0) is 11.4. The molecular formula is C8H16N4O3. The number of β-amino-alcohol motifs (C(OH)–C–C–N with tert-alkyl or cyclic N) is 1. The zero-order valence-corrected chi connectivity index (χ0v) is 8.35. The van der Waals surface area contributed by atoms with Crippen LogP contribution >= 0.6 is 0 Å². The van der Waals surface area contributed by atoms with Gasteiger partial charge >= 0.3 is 0 Å². The maximum absolute atomic E-state index is 10.8. The van der Waals surface area contributed by atoms with Crippen LogP contribution in [0.2, 0.25) is 0 Å². The van der Waals surface area contributed by atoms with Crippen LogP contribution in [0.3, 0.4) is 0 Å². The van der Waals surface area contributed by atoms with Crippen LogP contribution < -0.4 is 16.8 Å². The summed E-state index contributed by atoms with van der Waals surface area (Å²) in [7, 11) is 0. The van der Waals surface area contributed by atoms with Gasteiger partial charge in [0.2, 0.25) is 11.8 Å². The molecule has 1 saturated heterocycles. The third kappa shape index (κ3) is 3.46. The van der Waals surface area contributed by atoms with Crippen molar-refractivity contribution in [3.63, 3.8) is 0 Å². The monoisotopic (exact) mass is 216 g/mol. The van der Waals surface area contributed by atoms with Gasteiger partial charge in [0, 0.05) is 13.1 Å². The first kappa shape index (κ1) is 11.9. The van der Waals surface area contributed by atoms with Crippen LogP contribution in [-0.2, 0) is 9.59 Å². The largest absolute Gasteiger partial charge is 0.390 e. The Morgan fingerprint density at radius 2 is 1.80 bits per heavy atom. The summed E-state index contributed by atoms with van der Waals surface area (Å²) in [4.78, 5) is 23.1. The number of carbonyl (C=O) groups is 2. The van der Waals surface area contributed by atoms with Gasteiger partial charge < -0.3 is 21.9 Å². The van der Waals surface area contributed by atoms with Gasteiger partial charge in [-0.15, -0.1) is 0 Å². The number of hydrogen-bond acceptors (Lipinski definition) is 5. The van der Waals surface area contributed by atoms with Crippen LogP contribution in [-0.4, -0.2) is 60.1 Å². The molecule has 0 saturated carbocycles. The van der Waals surface area contributed by atoms with Gasteiger partial charge in [0.05, 0.1) is 25.2 Å². The van der Waals surface area contributed by atoms with Crippen LogP contribution in [0.1, 0.15) is 0 Å². The van der Waals surface area contributed by atoms with E-state index in [1.54, 1.807) is 0 Å². The maximum Gasteiger partial charge on any atom is 0.231 e. The Balaban J connectivity index is 2.61. The lowest BCUT2D eigenvalue weighted by Crippen LogP contribution is -2.50. The summed E-state index contributed by atoms with van der Waals surface area (Å²) in [6, 6.07) is -0.287. The molecule has 15 heavy (non-hydrogen) atoms. The van der Waals surface area contributed by atoms with Crippen molar-refractivity contribution < 1.29 is 14.7 Å². The van der Waals surface area contributed by atoms with E-state index in [-0.39, 0.29) is 19.1 Å². The van der Waals surface area contributed by atoms with Gasteiger partial charge in [0.15, 0.2) is 0 Å². The second-order valence-corrected chi connectivity index (χ2v) is 3.63. The van der Waals surface area contributed by atoms with Crippen molar-refractivity contribution in [2.75, 3.05) is 26.2 Å². The fourth-order valence-corrected chi connectivity index (χ4v) is 1.71. The Labute approximate surface area is 87.4 Å². The van der Waals surface area contributed by atoms with E-state index in [2.05, 4.69) is 5.32 Å². The van der Waals surface area contributed by atoms with E-state index in [4.69, 9.17) is 11.5 Å². The lowest BCUT2D eigenvalue weighted by Gasteiger charge is -2.27. The molecule has 0 aromatic rings. The second-order valence-electron chi connectivity index (χ2n) is 3.63. The highest BCUT2D eigenvalue weighted by atomic mass is 16.3. The number of carbonyl (C=O) groups excluding carboxylic acids is 2. The Hall–Kier alpha value is -1.18. The lowest BCUT2D eigenvalue weighted by atomic mass is 10.2. The van der Waals surface area contributed by atoms with Gasteiger partial charge in [-0.3, -0.25) is 14.5 Å². The Morgan fingerprint density at radius 3 is 2.13 bits per heavy atom. The molecule has 1 aliphatic heterocycles. The lowest BCUT2D eigenvalue weighted by molar-refractivity contribution is -0.123. The molecular weight excluding hydrogens is 200 g/mol. The summed E-state index contributed by atoms with van der Waals surface area (Å²) in [6.45, 7) is 0.805. The van der Waals surface area contributed by atoms with Crippen LogP contribution in [0, 0.1) is 0 Å². The first-order valence-corrected chi connectivity index (χ1v) is 4.70. The summed E-state index contributed by atoms with van der Waals surface area (Å²) < 4.78 is 0. The van der Waals surface area contributed by atoms with E-state index in [1.165, 1.54) is 4.90 Å². The number of nitrogens with one attached hydrogen (secondary N) is 1. The molecule has 2 amide bonds. The highest BCUT2D eigenvalue weighted by Gasteiger charge is 2.31. The first-order chi connectivity index (χ1) is 7.00. The van der Waals surface area contributed by atoms with Crippen molar-refractivity contribution in [2.45, 2.75) is 12.1 Å². The topological polar surface area (TPSA) is 122 Å². The van der Waals surface area contributed by atoms with E-state index in [1.807, 2.05) is 0 Å². The van der Waals surface area contributed by atoms with Crippen LogP contribution in [0.5, 0.6) is 0 Å². The van der Waals surface area contributed by atoms with E-state index in [9.17, 15) is 14.7 Å². The molecule has 0 aromatic carbocycles. The minimum Gasteiger partial charge on any atom is -0.390 e. The van der Waals surface area contributed by atoms with Crippen molar-refractivity contribution in [1.29, 1.82) is 0 Å². The summed E-state index contributed by atoms with van der Waals surface area (Å²) in [6.07, 6.45) is -0.608. The number of aliphatic hydroxyl groups excluding tert-OH is 1. The molecule has 1 aliphatic rings. The van der Waals surface area contributed by atoms with E-state index < -0.39 is 17.9 Å². The number of nitrogens with two attached hydrogens (primary N) is 2. The van der Waals surface area contributed by atoms with E-state index in [0.29, 0.717) is 13.1 Å². The third-order valence-electron chi connectivity index (χ3n) is 2.34. The van der Waals surface area contributed by atoms with Crippen molar-refractivity contribution in [1.82, 2.24) is 10.2 Å². The quantitative estimate of drug-likeness (QED) is 0.381. The smallest absolute Gasteiger partial charge is 0.231 e. The molecule has 2 unspecified atom stereocenters. The predicted molar refractivity (Wildman–Crippen MR) is 52.6 cm³/mol. The standard InChI is InChI=1S/C8H16N4O3/c9-7(14)3-12(4-8(10)15)5-1-11-2-6(5)13/h5-6,11,13H,1-4H2,(H2,9,14)(H2,10,15). The second kappa shape index (κ2) is 5.06. The Kier molecular flexibility index (Phi) is 4.01. The summed E-state index contributed by atoms with van der Waals surface area (Å²) in [5, 5.41) is 12.5. The normalized spacial score (nSPS) is 25.7. The molecule has 1 fully saturated rings. The van der Waals surface area contributed by atoms with Gasteiger partial charge in [0.1, 0.15) is 0 Å². The van der Waals surface area contributed by atoms with Gasteiger partial charge in [-0.1, -0.05) is 0 Å². The maximum atomic E-state index is 10.8. The number of amides is 2. The van der Waals surface area contributed by atoms with E-state index >= 15 is 0 Å². The molecule has 0 spiro atoms. The van der Waals surface area contributed by atoms with E-state index in [0.717, 1.165) is 0 Å². The minimum absolute atomic E-state index is 0.0770. The van der Waals surface area contributed by atoms with Crippen molar-refractivity contribution in [2.24, 2.45) is 11.5 Å². The molecule has 1 rings (SSSR count). The van der Waals surface area contributed by atoms with Crippen molar-refractivity contribution >= 4 is 11.8 Å². The fourth-order valence-electron chi connectivity index (χ4n) is 1.71. The number of nitrogens with zero attached hydrogens (tertiary/aromatic N) is 1. The zero-order valence-electron chi connectivity index (χ0n) is 8.35. The highest BCUT2D eigenvalue weighted by Crippen LogP contribution is 2.08. The average Bonchev–Trinajstić information content (AvgIpc) is 2.48. The molecule has 0 radical (unpaired) electrons. The van der Waals surface area contributed by atoms with Crippen molar-refractivity contribution in [3.05, 3.63) is 0 Å². The highest BCUT2D eigenvalue weighted by molar-refractivity contribution is 5.79. The third-order valence-corrected chi connectivity index (χ3v) is 2.34. The Morgan fingerprint density at radius 1 is 1.27 bits per heavy atom. The van der Waals surface area contributed by atoms with Crippen LogP contribution in [0.15, 0.2) is 0 Å². The molecule has 1 heterocycles. The van der Waals surface area contributed by atoms with Gasteiger partial charge in [0.25, 0.3) is 0 Å². The number of hydrogen-bond donors (Lipinski definition) is 4. The van der Waals surface area contributed by atoms with Gasteiger partial charge in [-0.05, 0) is 0 Å². The summed E-state index contributed by atoms with van der Waals surface area (Å²) >= 11 is 0. The molecule has 6 N–H and O–H groups in total. The number of rotatable bonds is 5. The molecule has 0 bridgehead atoms.